The fourth-order valence-electron chi connectivity index (χ4n) is 2.81. The van der Waals surface area contributed by atoms with Crippen molar-refractivity contribution in [3.63, 3.8) is 0 Å². The van der Waals surface area contributed by atoms with Crippen LogP contribution in [0.2, 0.25) is 0 Å². The standard InChI is InChI=1S/C20H21FN2OS3/c1-13-10-14(2)19-17(11-13)23(8-9-25-3)20(27-19)22-18(24)12-26-16-6-4-15(21)5-7-16/h4-7,10-11H,8-9,12H2,1-3H3. The minimum atomic E-state index is -0.277. The number of hydrogen-bond donors (Lipinski definition) is 0. The van der Waals surface area contributed by atoms with Gasteiger partial charge in [-0.05, 0) is 61.6 Å². The Kier molecular flexibility index (Phi) is 6.78. The SMILES string of the molecule is CSCCn1c(=NC(=O)CSc2ccc(F)cc2)sc2c(C)cc(C)cc21. The monoisotopic (exact) mass is 420 g/mol. The molecule has 0 spiro atoms. The predicted molar refractivity (Wildman–Crippen MR) is 115 cm³/mol. The minimum Gasteiger partial charge on any atom is -0.315 e. The molecule has 0 atom stereocenters. The van der Waals surface area contributed by atoms with Gasteiger partial charge in [-0.2, -0.15) is 16.8 Å². The van der Waals surface area contributed by atoms with E-state index < -0.39 is 0 Å². The number of thiazole rings is 1. The van der Waals surface area contributed by atoms with Crippen LogP contribution in [0.5, 0.6) is 0 Å². The summed E-state index contributed by atoms with van der Waals surface area (Å²) in [5.74, 6) is 0.745. The Bertz CT molecular complexity index is 1020. The molecule has 0 unspecified atom stereocenters. The Morgan fingerprint density at radius 3 is 2.67 bits per heavy atom. The molecule has 0 bridgehead atoms. The number of hydrogen-bond acceptors (Lipinski definition) is 4. The van der Waals surface area contributed by atoms with Crippen LogP contribution in [0.15, 0.2) is 46.3 Å². The van der Waals surface area contributed by atoms with E-state index in [1.165, 1.54) is 39.7 Å². The van der Waals surface area contributed by atoms with Gasteiger partial charge in [-0.3, -0.25) is 4.79 Å². The molecule has 0 aliphatic heterocycles. The van der Waals surface area contributed by atoms with Crippen molar-refractivity contribution in [2.24, 2.45) is 4.99 Å². The van der Waals surface area contributed by atoms with Crippen LogP contribution in [0.1, 0.15) is 11.1 Å². The first-order valence-electron chi connectivity index (χ1n) is 8.53. The average Bonchev–Trinajstić information content (AvgIpc) is 2.97. The number of benzene rings is 2. The Morgan fingerprint density at radius 1 is 1.22 bits per heavy atom. The van der Waals surface area contributed by atoms with Crippen LogP contribution in [0.25, 0.3) is 10.2 Å². The maximum absolute atomic E-state index is 13.0. The minimum absolute atomic E-state index is 0.178. The summed E-state index contributed by atoms with van der Waals surface area (Å²) in [6.45, 7) is 5.01. The summed E-state index contributed by atoms with van der Waals surface area (Å²) in [5.41, 5.74) is 3.56. The summed E-state index contributed by atoms with van der Waals surface area (Å²) < 4.78 is 16.3. The summed E-state index contributed by atoms with van der Waals surface area (Å²) in [6, 6.07) is 10.5. The second-order valence-electron chi connectivity index (χ2n) is 6.21. The smallest absolute Gasteiger partial charge is 0.258 e. The summed E-state index contributed by atoms with van der Waals surface area (Å²) in [7, 11) is 0. The topological polar surface area (TPSA) is 34.4 Å². The number of nitrogens with zero attached hydrogens (tertiary/aromatic N) is 2. The number of carbonyl (C=O) groups is 1. The van der Waals surface area contributed by atoms with Gasteiger partial charge in [0, 0.05) is 17.2 Å². The van der Waals surface area contributed by atoms with Crippen molar-refractivity contribution in [2.45, 2.75) is 25.3 Å². The number of amides is 1. The second kappa shape index (κ2) is 9.08. The summed E-state index contributed by atoms with van der Waals surface area (Å²) in [4.78, 5) is 18.4. The van der Waals surface area contributed by atoms with Crippen LogP contribution in [0.4, 0.5) is 4.39 Å². The van der Waals surface area contributed by atoms with E-state index in [0.29, 0.717) is 0 Å². The largest absolute Gasteiger partial charge is 0.315 e. The molecule has 7 heteroatoms. The van der Waals surface area contributed by atoms with Gasteiger partial charge >= 0.3 is 0 Å². The molecule has 142 valence electrons. The number of aromatic nitrogens is 1. The molecule has 27 heavy (non-hydrogen) atoms. The van der Waals surface area contributed by atoms with Gasteiger partial charge in [0.05, 0.1) is 16.0 Å². The molecule has 0 saturated heterocycles. The lowest BCUT2D eigenvalue weighted by Gasteiger charge is -2.05. The average molecular weight is 421 g/mol. The molecule has 3 nitrogen and oxygen atoms in total. The summed E-state index contributed by atoms with van der Waals surface area (Å²) in [5, 5.41) is 0. The van der Waals surface area contributed by atoms with Crippen molar-refractivity contribution in [1.29, 1.82) is 0 Å². The Labute approximate surface area is 170 Å². The van der Waals surface area contributed by atoms with Crippen LogP contribution in [-0.2, 0) is 11.3 Å². The molecule has 3 rings (SSSR count). The molecule has 3 aromatic rings. The first kappa shape index (κ1) is 20.2. The number of halogens is 1. The highest BCUT2D eigenvalue weighted by Gasteiger charge is 2.11. The fourth-order valence-corrected chi connectivity index (χ4v) is 4.98. The second-order valence-corrected chi connectivity index (χ2v) is 9.22. The summed E-state index contributed by atoms with van der Waals surface area (Å²) in [6.07, 6.45) is 2.08. The predicted octanol–water partition coefficient (Wildman–Crippen LogP) is 5.04. The van der Waals surface area contributed by atoms with Crippen LogP contribution in [-0.4, -0.2) is 28.2 Å². The molecule has 0 aliphatic rings. The number of rotatable bonds is 6. The van der Waals surface area contributed by atoms with E-state index in [4.69, 9.17) is 0 Å². The van der Waals surface area contributed by atoms with Crippen molar-refractivity contribution in [2.75, 3.05) is 17.8 Å². The van der Waals surface area contributed by atoms with E-state index in [0.717, 1.165) is 27.5 Å². The lowest BCUT2D eigenvalue weighted by atomic mass is 10.1. The molecule has 1 heterocycles. The van der Waals surface area contributed by atoms with Gasteiger partial charge in [-0.15, -0.1) is 11.8 Å². The molecule has 0 fully saturated rings. The number of thioether (sulfide) groups is 2. The van der Waals surface area contributed by atoms with Gasteiger partial charge in [0.25, 0.3) is 5.91 Å². The van der Waals surface area contributed by atoms with Gasteiger partial charge in [-0.25, -0.2) is 4.39 Å². The molecule has 0 radical (unpaired) electrons. The highest BCUT2D eigenvalue weighted by Crippen LogP contribution is 2.24. The summed E-state index contributed by atoms with van der Waals surface area (Å²) >= 11 is 4.72. The zero-order valence-corrected chi connectivity index (χ0v) is 17.9. The Balaban J connectivity index is 1.90. The highest BCUT2D eigenvalue weighted by molar-refractivity contribution is 8.00. The van der Waals surface area contributed by atoms with Gasteiger partial charge in [0.2, 0.25) is 0 Å². The van der Waals surface area contributed by atoms with Crippen LogP contribution in [0.3, 0.4) is 0 Å². The number of carbonyl (C=O) groups excluding carboxylic acids is 1. The quantitative estimate of drug-likeness (QED) is 0.524. The molecule has 0 N–H and O–H groups in total. The van der Waals surface area contributed by atoms with Gasteiger partial charge in [0.1, 0.15) is 5.82 Å². The third kappa shape index (κ3) is 5.03. The third-order valence-corrected chi connectivity index (χ3v) is 6.85. The van der Waals surface area contributed by atoms with Crippen molar-refractivity contribution in [3.05, 3.63) is 58.1 Å². The molecule has 1 aromatic heterocycles. The van der Waals surface area contributed by atoms with E-state index in [9.17, 15) is 9.18 Å². The Hall–Kier alpha value is -1.57. The normalized spacial score (nSPS) is 12.1. The van der Waals surface area contributed by atoms with Crippen LogP contribution < -0.4 is 4.80 Å². The first-order valence-corrected chi connectivity index (χ1v) is 11.7. The van der Waals surface area contributed by atoms with E-state index in [1.54, 1.807) is 35.2 Å². The zero-order chi connectivity index (χ0) is 19.4. The van der Waals surface area contributed by atoms with Gasteiger partial charge < -0.3 is 4.57 Å². The van der Waals surface area contributed by atoms with Crippen LogP contribution >= 0.6 is 34.9 Å². The van der Waals surface area contributed by atoms with Crippen molar-refractivity contribution in [3.8, 4) is 0 Å². The third-order valence-electron chi connectivity index (χ3n) is 4.03. The molecular weight excluding hydrogens is 399 g/mol. The maximum atomic E-state index is 13.0. The molecule has 0 aliphatic carbocycles. The highest BCUT2D eigenvalue weighted by atomic mass is 32.2. The maximum Gasteiger partial charge on any atom is 0.258 e. The lowest BCUT2D eigenvalue weighted by molar-refractivity contribution is -0.115. The van der Waals surface area contributed by atoms with E-state index in [2.05, 4.69) is 41.8 Å². The molecule has 0 saturated carbocycles. The zero-order valence-electron chi connectivity index (χ0n) is 15.5. The number of fused-ring (bicyclic) bond motifs is 1. The van der Waals surface area contributed by atoms with Crippen molar-refractivity contribution < 1.29 is 9.18 Å². The molecule has 2 aromatic carbocycles. The number of aryl methyl sites for hydroxylation is 3. The van der Waals surface area contributed by atoms with Crippen molar-refractivity contribution in [1.82, 2.24) is 4.57 Å². The van der Waals surface area contributed by atoms with Gasteiger partial charge in [0.15, 0.2) is 4.80 Å². The first-order chi connectivity index (χ1) is 13.0. The molecular formula is C20H21FN2OS3. The van der Waals surface area contributed by atoms with Crippen molar-refractivity contribution >= 4 is 51.0 Å². The lowest BCUT2D eigenvalue weighted by Crippen LogP contribution is -2.18. The van der Waals surface area contributed by atoms with E-state index >= 15 is 0 Å². The fraction of sp³-hybridized carbons (Fsp3) is 0.300. The van der Waals surface area contributed by atoms with E-state index in [1.807, 2.05) is 0 Å². The Morgan fingerprint density at radius 2 is 1.96 bits per heavy atom. The molecule has 1 amide bonds. The van der Waals surface area contributed by atoms with Gasteiger partial charge in [-0.1, -0.05) is 17.4 Å². The van der Waals surface area contributed by atoms with E-state index in [-0.39, 0.29) is 17.5 Å². The van der Waals surface area contributed by atoms with Crippen LogP contribution in [0, 0.1) is 19.7 Å².